The first-order valence-electron chi connectivity index (χ1n) is 7.57. The number of para-hydroxylation sites is 1. The Balaban J connectivity index is 1.78. The number of fused-ring (bicyclic) bond motifs is 1. The maximum atomic E-state index is 4.52. The zero-order chi connectivity index (χ0) is 15.6. The number of nitrogens with one attached hydrogen (secondary N) is 1. The number of aryl methyl sites for hydroxylation is 1. The Morgan fingerprint density at radius 2 is 1.78 bits per heavy atom. The molecule has 0 spiro atoms. The van der Waals surface area contributed by atoms with Crippen LogP contribution in [0, 0.1) is 6.92 Å². The van der Waals surface area contributed by atoms with E-state index in [1.807, 2.05) is 30.5 Å². The third-order valence-corrected chi connectivity index (χ3v) is 4.97. The minimum Gasteiger partial charge on any atom is -0.354 e. The second-order valence-corrected chi connectivity index (χ2v) is 6.60. The normalized spacial score (nSPS) is 10.8. The highest BCUT2D eigenvalue weighted by Crippen LogP contribution is 2.37. The number of hydrogen-bond acceptors (Lipinski definition) is 3. The van der Waals surface area contributed by atoms with Crippen LogP contribution in [0.3, 0.4) is 0 Å². The molecule has 0 fully saturated rings. The first kappa shape index (κ1) is 14.0. The summed E-state index contributed by atoms with van der Waals surface area (Å²) in [4.78, 5) is 5.77. The fourth-order valence-electron chi connectivity index (χ4n) is 2.65. The van der Waals surface area contributed by atoms with Crippen LogP contribution < -0.4 is 5.32 Å². The summed E-state index contributed by atoms with van der Waals surface area (Å²) in [6.07, 6.45) is 1.86. The molecule has 112 valence electrons. The highest BCUT2D eigenvalue weighted by Gasteiger charge is 2.09. The summed E-state index contributed by atoms with van der Waals surface area (Å²) in [5, 5.41) is 3.49. The first-order valence-corrected chi connectivity index (χ1v) is 8.39. The van der Waals surface area contributed by atoms with Crippen LogP contribution in [-0.4, -0.2) is 4.98 Å². The first-order chi connectivity index (χ1) is 11.3. The fraction of sp³-hybridized carbons (Fsp3) is 0.0500. The van der Waals surface area contributed by atoms with Gasteiger partial charge in [-0.25, -0.2) is 0 Å². The molecule has 3 heteroatoms. The Morgan fingerprint density at radius 1 is 0.913 bits per heavy atom. The fourth-order valence-corrected chi connectivity index (χ4v) is 3.73. The number of hydrogen-bond donors (Lipinski definition) is 1. The van der Waals surface area contributed by atoms with Crippen LogP contribution in [0.5, 0.6) is 0 Å². The Labute approximate surface area is 139 Å². The second kappa shape index (κ2) is 5.86. The van der Waals surface area contributed by atoms with Crippen LogP contribution in [0.1, 0.15) is 5.56 Å². The Hall–Kier alpha value is -2.65. The summed E-state index contributed by atoms with van der Waals surface area (Å²) < 4.78 is 1.19. The van der Waals surface area contributed by atoms with Crippen molar-refractivity contribution in [1.29, 1.82) is 0 Å². The predicted octanol–water partition coefficient (Wildman–Crippen LogP) is 6.02. The molecule has 0 saturated carbocycles. The van der Waals surface area contributed by atoms with E-state index in [0.29, 0.717) is 0 Å². The molecule has 0 saturated heterocycles. The topological polar surface area (TPSA) is 24.9 Å². The molecule has 23 heavy (non-hydrogen) atoms. The molecule has 0 amide bonds. The molecule has 2 heterocycles. The van der Waals surface area contributed by atoms with Crippen molar-refractivity contribution in [2.45, 2.75) is 6.92 Å². The Morgan fingerprint density at radius 3 is 2.61 bits per heavy atom. The van der Waals surface area contributed by atoms with E-state index in [9.17, 15) is 0 Å². The number of benzene rings is 2. The molecule has 0 bridgehead atoms. The summed E-state index contributed by atoms with van der Waals surface area (Å²) in [5.74, 6) is 0. The molecule has 1 N–H and O–H groups in total. The van der Waals surface area contributed by atoms with Crippen molar-refractivity contribution in [3.05, 3.63) is 78.5 Å². The zero-order valence-electron chi connectivity index (χ0n) is 12.8. The van der Waals surface area contributed by atoms with Crippen LogP contribution in [0.4, 0.5) is 11.4 Å². The van der Waals surface area contributed by atoms with Crippen LogP contribution in [0.15, 0.2) is 72.9 Å². The smallest absolute Gasteiger partial charge is 0.0837 e. The van der Waals surface area contributed by atoms with Crippen molar-refractivity contribution >= 4 is 32.9 Å². The molecular formula is C20H16N2S. The molecule has 2 nitrogen and oxygen atoms in total. The molecule has 0 atom stereocenters. The van der Waals surface area contributed by atoms with Crippen molar-refractivity contribution < 1.29 is 0 Å². The highest BCUT2D eigenvalue weighted by atomic mass is 32.1. The molecule has 0 aliphatic carbocycles. The lowest BCUT2D eigenvalue weighted by molar-refractivity contribution is 1.42. The van der Waals surface area contributed by atoms with E-state index in [0.717, 1.165) is 16.9 Å². The lowest BCUT2D eigenvalue weighted by Crippen LogP contribution is -1.89. The van der Waals surface area contributed by atoms with E-state index < -0.39 is 0 Å². The van der Waals surface area contributed by atoms with Gasteiger partial charge in [0.05, 0.1) is 15.9 Å². The van der Waals surface area contributed by atoms with Crippen LogP contribution >= 0.6 is 11.3 Å². The average Bonchev–Trinajstić information content (AvgIpc) is 3.01. The maximum Gasteiger partial charge on any atom is 0.0837 e. The SMILES string of the molecule is Cc1cccc(-c2cc3nccc(Nc4ccccc4)c3s2)c1. The van der Waals surface area contributed by atoms with Gasteiger partial charge in [-0.2, -0.15) is 0 Å². The van der Waals surface area contributed by atoms with Crippen molar-refractivity contribution in [3.8, 4) is 10.4 Å². The number of aromatic nitrogens is 1. The van der Waals surface area contributed by atoms with Gasteiger partial charge in [-0.15, -0.1) is 11.3 Å². The standard InChI is InChI=1S/C20H16N2S/c1-14-6-5-7-15(12-14)19-13-18-20(23-19)17(10-11-21-18)22-16-8-3-2-4-9-16/h2-13H,1H3,(H,21,22). The second-order valence-electron chi connectivity index (χ2n) is 5.54. The molecule has 2 aromatic heterocycles. The number of nitrogens with zero attached hydrogens (tertiary/aromatic N) is 1. The van der Waals surface area contributed by atoms with E-state index in [1.54, 1.807) is 11.3 Å². The van der Waals surface area contributed by atoms with Crippen LogP contribution in [0.2, 0.25) is 0 Å². The summed E-state index contributed by atoms with van der Waals surface area (Å²) in [7, 11) is 0. The van der Waals surface area contributed by atoms with E-state index in [1.165, 1.54) is 20.7 Å². The number of rotatable bonds is 3. The summed E-state index contributed by atoms with van der Waals surface area (Å²) in [6, 6.07) is 23.0. The largest absolute Gasteiger partial charge is 0.354 e. The van der Waals surface area contributed by atoms with Crippen molar-refractivity contribution in [2.75, 3.05) is 5.32 Å². The Bertz CT molecular complexity index is 958. The van der Waals surface area contributed by atoms with Gasteiger partial charge in [-0.3, -0.25) is 4.98 Å². The van der Waals surface area contributed by atoms with Crippen LogP contribution in [0.25, 0.3) is 20.7 Å². The van der Waals surface area contributed by atoms with Gasteiger partial charge in [0, 0.05) is 16.8 Å². The molecular weight excluding hydrogens is 300 g/mol. The monoisotopic (exact) mass is 316 g/mol. The van der Waals surface area contributed by atoms with Gasteiger partial charge < -0.3 is 5.32 Å². The van der Waals surface area contributed by atoms with E-state index in [-0.39, 0.29) is 0 Å². The lowest BCUT2D eigenvalue weighted by atomic mass is 10.1. The van der Waals surface area contributed by atoms with Crippen molar-refractivity contribution in [3.63, 3.8) is 0 Å². The van der Waals surface area contributed by atoms with Gasteiger partial charge in [0.1, 0.15) is 0 Å². The van der Waals surface area contributed by atoms with Gasteiger partial charge in [-0.1, -0.05) is 48.0 Å². The van der Waals surface area contributed by atoms with E-state index in [4.69, 9.17) is 0 Å². The number of anilines is 2. The van der Waals surface area contributed by atoms with Gasteiger partial charge in [0.2, 0.25) is 0 Å². The van der Waals surface area contributed by atoms with Gasteiger partial charge in [0.15, 0.2) is 0 Å². The Kier molecular flexibility index (Phi) is 3.56. The minimum atomic E-state index is 1.03. The van der Waals surface area contributed by atoms with E-state index >= 15 is 0 Å². The number of thiophene rings is 1. The molecule has 4 aromatic rings. The molecule has 0 aliphatic rings. The van der Waals surface area contributed by atoms with E-state index in [2.05, 4.69) is 59.7 Å². The summed E-state index contributed by atoms with van der Waals surface area (Å²) >= 11 is 1.78. The molecule has 0 aliphatic heterocycles. The van der Waals surface area contributed by atoms with Gasteiger partial charge >= 0.3 is 0 Å². The average molecular weight is 316 g/mol. The maximum absolute atomic E-state index is 4.52. The lowest BCUT2D eigenvalue weighted by Gasteiger charge is -2.06. The zero-order valence-corrected chi connectivity index (χ0v) is 13.6. The van der Waals surface area contributed by atoms with Gasteiger partial charge in [0.25, 0.3) is 0 Å². The molecule has 0 radical (unpaired) electrons. The highest BCUT2D eigenvalue weighted by molar-refractivity contribution is 7.22. The van der Waals surface area contributed by atoms with Crippen molar-refractivity contribution in [2.24, 2.45) is 0 Å². The molecule has 0 unspecified atom stereocenters. The quantitative estimate of drug-likeness (QED) is 0.500. The summed E-state index contributed by atoms with van der Waals surface area (Å²) in [6.45, 7) is 2.12. The summed E-state index contributed by atoms with van der Waals surface area (Å²) in [5.41, 5.74) is 5.75. The molecule has 4 rings (SSSR count). The number of pyridine rings is 1. The van der Waals surface area contributed by atoms with Crippen LogP contribution in [-0.2, 0) is 0 Å². The third kappa shape index (κ3) is 2.83. The third-order valence-electron chi connectivity index (χ3n) is 3.77. The molecule has 2 aromatic carbocycles. The minimum absolute atomic E-state index is 1.03. The van der Waals surface area contributed by atoms with Crippen molar-refractivity contribution in [1.82, 2.24) is 4.98 Å². The predicted molar refractivity (Wildman–Crippen MR) is 99.5 cm³/mol. The van der Waals surface area contributed by atoms with Gasteiger partial charge in [-0.05, 0) is 36.8 Å².